The predicted molar refractivity (Wildman–Crippen MR) is 202 cm³/mol. The number of anilines is 1. The van der Waals surface area contributed by atoms with Crippen LogP contribution in [0.15, 0.2) is 122 Å². The lowest BCUT2D eigenvalue weighted by Gasteiger charge is -2.47. The first-order valence-electron chi connectivity index (χ1n) is 17.9. The van der Waals surface area contributed by atoms with Gasteiger partial charge in [0, 0.05) is 67.0 Å². The van der Waals surface area contributed by atoms with Gasteiger partial charge in [-0.3, -0.25) is 14.2 Å². The summed E-state index contributed by atoms with van der Waals surface area (Å²) in [5, 5.41) is 1.08. The van der Waals surface area contributed by atoms with E-state index in [9.17, 15) is 4.39 Å². The summed E-state index contributed by atoms with van der Waals surface area (Å²) in [4.78, 5) is 20.0. The van der Waals surface area contributed by atoms with Crippen LogP contribution >= 0.6 is 0 Å². The SMILES string of the molecule is Cc1ccc(C(c2ccc(F)cc2)N2CCN(C3CC(c4nc(-c5ccc6ccc(-c7ccccc7)nc6c5)c5c(N)nccn45)C3)CC2)cc1. The fraction of sp³-hybridized carbons (Fsp3) is 0.233. The van der Waals surface area contributed by atoms with Crippen molar-refractivity contribution in [1.29, 1.82) is 0 Å². The van der Waals surface area contributed by atoms with Crippen molar-refractivity contribution < 1.29 is 4.39 Å². The Labute approximate surface area is 297 Å². The van der Waals surface area contributed by atoms with Crippen molar-refractivity contribution >= 4 is 22.2 Å². The molecule has 0 bridgehead atoms. The van der Waals surface area contributed by atoms with Crippen LogP contribution in [0.25, 0.3) is 38.9 Å². The van der Waals surface area contributed by atoms with Gasteiger partial charge in [0.1, 0.15) is 28.7 Å². The second-order valence-corrected chi connectivity index (χ2v) is 14.1. The molecule has 2 aliphatic rings. The Morgan fingerprint density at radius 1 is 0.765 bits per heavy atom. The van der Waals surface area contributed by atoms with Gasteiger partial charge >= 0.3 is 0 Å². The summed E-state index contributed by atoms with van der Waals surface area (Å²) in [5.74, 6) is 1.66. The molecule has 9 rings (SSSR count). The van der Waals surface area contributed by atoms with Crippen molar-refractivity contribution in [3.63, 3.8) is 0 Å². The summed E-state index contributed by atoms with van der Waals surface area (Å²) in [6, 6.07) is 37.2. The van der Waals surface area contributed by atoms with Gasteiger partial charge in [-0.05, 0) is 55.2 Å². The van der Waals surface area contributed by atoms with Gasteiger partial charge in [-0.25, -0.2) is 19.3 Å². The number of imidazole rings is 1. The molecule has 0 amide bonds. The number of benzene rings is 4. The van der Waals surface area contributed by atoms with E-state index >= 15 is 0 Å². The molecule has 254 valence electrons. The van der Waals surface area contributed by atoms with Gasteiger partial charge in [0.05, 0.1) is 17.3 Å². The average Bonchev–Trinajstić information content (AvgIpc) is 3.53. The molecule has 1 aliphatic carbocycles. The topological polar surface area (TPSA) is 75.6 Å². The van der Waals surface area contributed by atoms with Crippen LogP contribution in [0.3, 0.4) is 0 Å². The Kier molecular flexibility index (Phi) is 8.06. The predicted octanol–water partition coefficient (Wildman–Crippen LogP) is 8.29. The maximum atomic E-state index is 13.9. The van der Waals surface area contributed by atoms with Crippen molar-refractivity contribution in [3.8, 4) is 22.5 Å². The first kappa shape index (κ1) is 31.5. The Bertz CT molecular complexity index is 2280. The average molecular weight is 674 g/mol. The number of nitrogens with two attached hydrogens (primary N) is 1. The standard InChI is InChI=1S/C43H40FN7/c1-28-7-9-31(10-8-28)40(32-13-16-35(44)17-14-32)50-23-21-49(22-24-50)36-25-34(26-36)43-48-39(41-42(45)46-19-20-51(41)43)33-12-11-30-15-18-37(47-38(30)27-33)29-5-3-2-4-6-29/h2-20,27,34,36,40H,21-26H2,1H3,(H2,45,46). The van der Waals surface area contributed by atoms with Crippen LogP contribution in [0.4, 0.5) is 10.2 Å². The molecule has 3 aromatic heterocycles. The number of halogens is 1. The summed E-state index contributed by atoms with van der Waals surface area (Å²) >= 11 is 0. The molecule has 7 nitrogen and oxygen atoms in total. The van der Waals surface area contributed by atoms with Crippen LogP contribution in [0, 0.1) is 12.7 Å². The first-order chi connectivity index (χ1) is 25.0. The first-order valence-corrected chi connectivity index (χ1v) is 17.9. The molecule has 8 heteroatoms. The van der Waals surface area contributed by atoms with Gasteiger partial charge in [0.25, 0.3) is 0 Å². The third-order valence-corrected chi connectivity index (χ3v) is 10.9. The highest BCUT2D eigenvalue weighted by molar-refractivity contribution is 5.91. The smallest absolute Gasteiger partial charge is 0.150 e. The van der Waals surface area contributed by atoms with Gasteiger partial charge < -0.3 is 5.73 Å². The minimum absolute atomic E-state index is 0.103. The van der Waals surface area contributed by atoms with Gasteiger partial charge in [-0.1, -0.05) is 90.5 Å². The van der Waals surface area contributed by atoms with E-state index in [1.54, 1.807) is 18.3 Å². The lowest BCUT2D eigenvalue weighted by molar-refractivity contribution is 0.0393. The van der Waals surface area contributed by atoms with Crippen LogP contribution in [0.1, 0.15) is 47.3 Å². The van der Waals surface area contributed by atoms with Crippen LogP contribution in [0.2, 0.25) is 0 Å². The van der Waals surface area contributed by atoms with E-state index in [1.165, 1.54) is 11.1 Å². The van der Waals surface area contributed by atoms with Gasteiger partial charge in [0.2, 0.25) is 0 Å². The minimum atomic E-state index is -0.200. The van der Waals surface area contributed by atoms with Crippen LogP contribution < -0.4 is 5.73 Å². The molecule has 4 heterocycles. The lowest BCUT2D eigenvalue weighted by Crippen LogP contribution is -2.54. The van der Waals surface area contributed by atoms with E-state index in [4.69, 9.17) is 15.7 Å². The number of nitrogens with zero attached hydrogens (tertiary/aromatic N) is 6. The maximum Gasteiger partial charge on any atom is 0.150 e. The van der Waals surface area contributed by atoms with E-state index in [0.29, 0.717) is 17.8 Å². The molecule has 1 unspecified atom stereocenters. The third-order valence-electron chi connectivity index (χ3n) is 10.9. The zero-order valence-corrected chi connectivity index (χ0v) is 28.7. The van der Waals surface area contributed by atoms with Gasteiger partial charge in [-0.2, -0.15) is 0 Å². The molecule has 2 fully saturated rings. The van der Waals surface area contributed by atoms with Crippen molar-refractivity contribution in [2.24, 2.45) is 0 Å². The Morgan fingerprint density at radius 3 is 2.22 bits per heavy atom. The van der Waals surface area contributed by atoms with E-state index in [-0.39, 0.29) is 11.9 Å². The van der Waals surface area contributed by atoms with E-state index in [1.807, 2.05) is 36.5 Å². The van der Waals surface area contributed by atoms with Crippen molar-refractivity contribution in [1.82, 2.24) is 29.2 Å². The van der Waals surface area contributed by atoms with Gasteiger partial charge in [-0.15, -0.1) is 0 Å². The van der Waals surface area contributed by atoms with Crippen molar-refractivity contribution in [2.75, 3.05) is 31.9 Å². The highest BCUT2D eigenvalue weighted by Gasteiger charge is 2.39. The third kappa shape index (κ3) is 5.94. The highest BCUT2D eigenvalue weighted by atomic mass is 19.1. The quantitative estimate of drug-likeness (QED) is 0.184. The Balaban J connectivity index is 0.935. The molecule has 1 atom stereocenters. The number of pyridine rings is 1. The summed E-state index contributed by atoms with van der Waals surface area (Å²) in [6.07, 6.45) is 5.88. The molecular formula is C43H40FN7. The zero-order valence-electron chi connectivity index (χ0n) is 28.7. The number of hydrogen-bond donors (Lipinski definition) is 1. The summed E-state index contributed by atoms with van der Waals surface area (Å²) in [7, 11) is 0. The second-order valence-electron chi connectivity index (χ2n) is 14.1. The van der Waals surface area contributed by atoms with Crippen LogP contribution in [0.5, 0.6) is 0 Å². The molecule has 0 radical (unpaired) electrons. The normalized spacial score (nSPS) is 18.9. The Hall–Kier alpha value is -5.44. The van der Waals surface area contributed by atoms with Crippen LogP contribution in [-0.2, 0) is 0 Å². The van der Waals surface area contributed by atoms with Crippen molar-refractivity contribution in [2.45, 2.75) is 37.8 Å². The summed E-state index contributed by atoms with van der Waals surface area (Å²) in [6.45, 7) is 6.03. The number of aromatic nitrogens is 4. The second kappa shape index (κ2) is 13.0. The fourth-order valence-electron chi connectivity index (χ4n) is 8.08. The summed E-state index contributed by atoms with van der Waals surface area (Å²) < 4.78 is 16.0. The lowest BCUT2D eigenvalue weighted by atomic mass is 9.78. The van der Waals surface area contributed by atoms with Gasteiger partial charge in [0.15, 0.2) is 0 Å². The van der Waals surface area contributed by atoms with Crippen molar-refractivity contribution in [3.05, 3.63) is 150 Å². The monoisotopic (exact) mass is 673 g/mol. The van der Waals surface area contributed by atoms with E-state index < -0.39 is 0 Å². The zero-order chi connectivity index (χ0) is 34.5. The molecule has 2 N–H and O–H groups in total. The minimum Gasteiger partial charge on any atom is -0.382 e. The summed E-state index contributed by atoms with van der Waals surface area (Å²) in [5.41, 5.74) is 15.8. The molecular weight excluding hydrogens is 634 g/mol. The van der Waals surface area contributed by atoms with Crippen LogP contribution in [-0.4, -0.2) is 61.4 Å². The number of piperazine rings is 1. The molecule has 1 saturated heterocycles. The molecule has 7 aromatic rings. The number of aryl methyl sites for hydroxylation is 1. The molecule has 1 aliphatic heterocycles. The molecule has 0 spiro atoms. The number of hydrogen-bond acceptors (Lipinski definition) is 6. The maximum absolute atomic E-state index is 13.9. The molecule has 1 saturated carbocycles. The molecule has 51 heavy (non-hydrogen) atoms. The van der Waals surface area contributed by atoms with E-state index in [0.717, 1.165) is 89.3 Å². The molecule has 4 aromatic carbocycles. The number of fused-ring (bicyclic) bond motifs is 2. The number of rotatable bonds is 7. The highest BCUT2D eigenvalue weighted by Crippen LogP contribution is 2.43. The number of nitrogen functional groups attached to an aromatic ring is 1. The Morgan fingerprint density at radius 2 is 1.47 bits per heavy atom. The largest absolute Gasteiger partial charge is 0.382 e. The fourth-order valence-corrected chi connectivity index (χ4v) is 8.08. The van der Waals surface area contributed by atoms with E-state index in [2.05, 4.69) is 92.8 Å².